The molecule has 1 aromatic carbocycles. The molecule has 1 unspecified atom stereocenters. The highest BCUT2D eigenvalue weighted by molar-refractivity contribution is 5.80. The van der Waals surface area contributed by atoms with Crippen LogP contribution in [0.1, 0.15) is 12.5 Å². The summed E-state index contributed by atoms with van der Waals surface area (Å²) in [5.41, 5.74) is 1.96. The van der Waals surface area contributed by atoms with Gasteiger partial charge in [-0.15, -0.1) is 0 Å². The zero-order chi connectivity index (χ0) is 13.1. The number of furan rings is 1. The molecule has 0 aliphatic carbocycles. The van der Waals surface area contributed by atoms with Crippen LogP contribution in [0, 0.1) is 5.92 Å². The van der Waals surface area contributed by atoms with E-state index < -0.39 is 5.97 Å². The fourth-order valence-electron chi connectivity index (χ4n) is 2.08. The summed E-state index contributed by atoms with van der Waals surface area (Å²) < 4.78 is 5.46. The molecule has 0 saturated carbocycles. The summed E-state index contributed by atoms with van der Waals surface area (Å²) in [4.78, 5) is 12.8. The van der Waals surface area contributed by atoms with Crippen LogP contribution in [0.5, 0.6) is 0 Å². The molecule has 1 heterocycles. The van der Waals surface area contributed by atoms with Crippen LogP contribution in [0.2, 0.25) is 0 Å². The largest absolute Gasteiger partial charge is 0.481 e. The number of hydrogen-bond acceptors (Lipinski definition) is 3. The molecule has 0 saturated heterocycles. The smallest absolute Gasteiger partial charge is 0.307 e. The Balaban J connectivity index is 2.09. The quantitative estimate of drug-likeness (QED) is 0.882. The number of nitrogens with zero attached hydrogens (tertiary/aromatic N) is 1. The maximum Gasteiger partial charge on any atom is 0.307 e. The first-order valence-corrected chi connectivity index (χ1v) is 5.94. The fourth-order valence-corrected chi connectivity index (χ4v) is 2.08. The third kappa shape index (κ3) is 2.71. The molecular formula is C14H17NO3. The Morgan fingerprint density at radius 2 is 2.22 bits per heavy atom. The normalized spacial score (nSPS) is 13.1. The molecule has 2 aromatic rings. The lowest BCUT2D eigenvalue weighted by Gasteiger charge is -2.19. The van der Waals surface area contributed by atoms with E-state index in [-0.39, 0.29) is 5.92 Å². The number of carboxylic acid groups (broad SMARTS) is 1. The average Bonchev–Trinajstić information content (AvgIpc) is 2.77. The van der Waals surface area contributed by atoms with Crippen LogP contribution in [-0.4, -0.2) is 29.6 Å². The molecule has 18 heavy (non-hydrogen) atoms. The molecule has 0 fully saturated rings. The molecule has 0 spiro atoms. The Bertz CT molecular complexity index is 547. The minimum Gasteiger partial charge on any atom is -0.481 e. The number of aliphatic carboxylic acids is 1. The van der Waals surface area contributed by atoms with Crippen molar-refractivity contribution in [3.8, 4) is 0 Å². The number of carbonyl (C=O) groups is 1. The van der Waals surface area contributed by atoms with E-state index in [9.17, 15) is 4.79 Å². The fraction of sp³-hybridized carbons (Fsp3) is 0.357. The molecule has 0 bridgehead atoms. The summed E-state index contributed by atoms with van der Waals surface area (Å²) in [6, 6.07) is 7.93. The molecule has 1 atom stereocenters. The molecule has 1 aromatic heterocycles. The highest BCUT2D eigenvalue weighted by Crippen LogP contribution is 2.21. The minimum atomic E-state index is -0.766. The maximum atomic E-state index is 10.8. The highest BCUT2D eigenvalue weighted by Gasteiger charge is 2.14. The van der Waals surface area contributed by atoms with Gasteiger partial charge in [-0.2, -0.15) is 0 Å². The zero-order valence-electron chi connectivity index (χ0n) is 10.6. The Morgan fingerprint density at radius 1 is 1.44 bits per heavy atom. The van der Waals surface area contributed by atoms with Gasteiger partial charge in [0.1, 0.15) is 5.58 Å². The summed E-state index contributed by atoms with van der Waals surface area (Å²) in [5.74, 6) is -1.14. The molecule has 0 radical (unpaired) electrons. The van der Waals surface area contributed by atoms with Crippen LogP contribution in [-0.2, 0) is 11.3 Å². The first kappa shape index (κ1) is 12.6. The predicted molar refractivity (Wildman–Crippen MR) is 69.3 cm³/mol. The Kier molecular flexibility index (Phi) is 3.67. The second kappa shape index (κ2) is 5.23. The molecular weight excluding hydrogens is 230 g/mol. The van der Waals surface area contributed by atoms with Crippen LogP contribution in [0.4, 0.5) is 0 Å². The molecule has 2 rings (SSSR count). The third-order valence-electron chi connectivity index (χ3n) is 3.01. The van der Waals surface area contributed by atoms with Gasteiger partial charge in [0.15, 0.2) is 0 Å². The molecule has 1 N–H and O–H groups in total. The van der Waals surface area contributed by atoms with Gasteiger partial charge in [-0.25, -0.2) is 0 Å². The van der Waals surface area contributed by atoms with Crippen LogP contribution in [0.3, 0.4) is 0 Å². The van der Waals surface area contributed by atoms with E-state index in [2.05, 4.69) is 0 Å². The first-order chi connectivity index (χ1) is 8.58. The molecule has 0 amide bonds. The number of benzene rings is 1. The van der Waals surface area contributed by atoms with Crippen LogP contribution in [0.25, 0.3) is 11.0 Å². The SMILES string of the molecule is CC(CN(C)Cc1cccc2ccoc12)C(=O)O. The first-order valence-electron chi connectivity index (χ1n) is 5.94. The summed E-state index contributed by atoms with van der Waals surface area (Å²) in [5, 5.41) is 9.97. The van der Waals surface area contributed by atoms with Crippen molar-refractivity contribution >= 4 is 16.9 Å². The minimum absolute atomic E-state index is 0.370. The van der Waals surface area contributed by atoms with Gasteiger partial charge in [0.2, 0.25) is 0 Å². The number of para-hydroxylation sites is 1. The predicted octanol–water partition coefficient (Wildman–Crippen LogP) is 2.59. The van der Waals surface area contributed by atoms with E-state index in [1.165, 1.54) is 0 Å². The van der Waals surface area contributed by atoms with Gasteiger partial charge in [0.05, 0.1) is 12.2 Å². The van der Waals surface area contributed by atoms with E-state index in [0.717, 1.165) is 16.5 Å². The Labute approximate surface area is 106 Å². The lowest BCUT2D eigenvalue weighted by molar-refractivity contribution is -0.141. The third-order valence-corrected chi connectivity index (χ3v) is 3.01. The van der Waals surface area contributed by atoms with Crippen molar-refractivity contribution in [2.75, 3.05) is 13.6 Å². The summed E-state index contributed by atoms with van der Waals surface area (Å²) >= 11 is 0. The van der Waals surface area contributed by atoms with Crippen molar-refractivity contribution in [3.05, 3.63) is 36.1 Å². The van der Waals surface area contributed by atoms with E-state index in [4.69, 9.17) is 9.52 Å². The maximum absolute atomic E-state index is 10.8. The summed E-state index contributed by atoms with van der Waals surface area (Å²) in [6.45, 7) is 2.92. The van der Waals surface area contributed by atoms with Gasteiger partial charge in [0.25, 0.3) is 0 Å². The van der Waals surface area contributed by atoms with E-state index in [1.807, 2.05) is 36.2 Å². The van der Waals surface area contributed by atoms with E-state index >= 15 is 0 Å². The van der Waals surface area contributed by atoms with Crippen molar-refractivity contribution in [2.45, 2.75) is 13.5 Å². The van der Waals surface area contributed by atoms with Crippen molar-refractivity contribution in [2.24, 2.45) is 5.92 Å². The van der Waals surface area contributed by atoms with Gasteiger partial charge in [-0.3, -0.25) is 4.79 Å². The van der Waals surface area contributed by atoms with Gasteiger partial charge in [-0.05, 0) is 13.1 Å². The van der Waals surface area contributed by atoms with Crippen LogP contribution < -0.4 is 0 Å². The molecule has 0 aliphatic heterocycles. The lowest BCUT2D eigenvalue weighted by Crippen LogP contribution is -2.28. The second-order valence-corrected chi connectivity index (χ2v) is 4.69. The monoisotopic (exact) mass is 247 g/mol. The molecule has 4 nitrogen and oxygen atoms in total. The Hall–Kier alpha value is -1.81. The Morgan fingerprint density at radius 3 is 2.94 bits per heavy atom. The lowest BCUT2D eigenvalue weighted by atomic mass is 10.1. The van der Waals surface area contributed by atoms with E-state index in [0.29, 0.717) is 13.1 Å². The highest BCUT2D eigenvalue weighted by atomic mass is 16.4. The summed E-state index contributed by atoms with van der Waals surface area (Å²) in [7, 11) is 1.92. The topological polar surface area (TPSA) is 53.7 Å². The number of fused-ring (bicyclic) bond motifs is 1. The van der Waals surface area contributed by atoms with Gasteiger partial charge >= 0.3 is 5.97 Å². The van der Waals surface area contributed by atoms with Gasteiger partial charge < -0.3 is 14.4 Å². The second-order valence-electron chi connectivity index (χ2n) is 4.69. The molecule has 4 heteroatoms. The number of hydrogen-bond donors (Lipinski definition) is 1. The van der Waals surface area contributed by atoms with Crippen molar-refractivity contribution in [3.63, 3.8) is 0 Å². The standard InChI is InChI=1S/C14H17NO3/c1-10(14(16)17)8-15(2)9-12-5-3-4-11-6-7-18-13(11)12/h3-7,10H,8-9H2,1-2H3,(H,16,17). The van der Waals surface area contributed by atoms with E-state index in [1.54, 1.807) is 13.2 Å². The van der Waals surface area contributed by atoms with Crippen LogP contribution >= 0.6 is 0 Å². The van der Waals surface area contributed by atoms with Crippen molar-refractivity contribution < 1.29 is 14.3 Å². The summed E-state index contributed by atoms with van der Waals surface area (Å²) in [6.07, 6.45) is 1.67. The van der Waals surface area contributed by atoms with Crippen molar-refractivity contribution in [1.29, 1.82) is 0 Å². The number of rotatable bonds is 5. The van der Waals surface area contributed by atoms with Gasteiger partial charge in [0, 0.05) is 24.0 Å². The zero-order valence-corrected chi connectivity index (χ0v) is 10.6. The molecule has 0 aliphatic rings. The average molecular weight is 247 g/mol. The van der Waals surface area contributed by atoms with Crippen LogP contribution in [0.15, 0.2) is 34.9 Å². The number of carboxylic acids is 1. The van der Waals surface area contributed by atoms with Crippen molar-refractivity contribution in [1.82, 2.24) is 4.90 Å². The van der Waals surface area contributed by atoms with Gasteiger partial charge in [-0.1, -0.05) is 25.1 Å². The molecule has 96 valence electrons.